The summed E-state index contributed by atoms with van der Waals surface area (Å²) in [5.74, 6) is -0.458. The molecule has 92 valence electrons. The molecule has 1 aromatic rings. The molecule has 0 atom stereocenters. The van der Waals surface area contributed by atoms with E-state index in [0.717, 1.165) is 11.3 Å². The van der Waals surface area contributed by atoms with Gasteiger partial charge in [-0.15, -0.1) is 0 Å². The Morgan fingerprint density at radius 2 is 2.00 bits per heavy atom. The number of benzene rings is 1. The van der Waals surface area contributed by atoms with E-state index in [0.29, 0.717) is 5.56 Å². The van der Waals surface area contributed by atoms with Crippen LogP contribution in [-0.2, 0) is 4.79 Å². The Morgan fingerprint density at radius 1 is 1.35 bits per heavy atom. The molecule has 1 rings (SSSR count). The van der Waals surface area contributed by atoms with Gasteiger partial charge in [0.25, 0.3) is 0 Å². The highest BCUT2D eigenvalue weighted by Gasteiger charge is 2.07. The molecule has 0 saturated carbocycles. The molecule has 0 aliphatic rings. The van der Waals surface area contributed by atoms with Crippen molar-refractivity contribution in [3.05, 3.63) is 29.3 Å². The van der Waals surface area contributed by atoms with Crippen LogP contribution in [0.2, 0.25) is 0 Å². The van der Waals surface area contributed by atoms with Crippen molar-refractivity contribution >= 4 is 17.5 Å². The maximum atomic E-state index is 11.4. The Hall–Kier alpha value is -2.04. The highest BCUT2D eigenvalue weighted by molar-refractivity contribution is 5.94. The molecule has 2 amide bonds. The first-order valence-corrected chi connectivity index (χ1v) is 5.26. The molecule has 0 heterocycles. The van der Waals surface area contributed by atoms with Crippen molar-refractivity contribution in [1.82, 2.24) is 4.90 Å². The van der Waals surface area contributed by atoms with Gasteiger partial charge in [0.1, 0.15) is 0 Å². The highest BCUT2D eigenvalue weighted by atomic mass is 16.2. The molecule has 0 aromatic heterocycles. The van der Waals surface area contributed by atoms with Gasteiger partial charge >= 0.3 is 0 Å². The number of hydrogen-bond acceptors (Lipinski definition) is 3. The van der Waals surface area contributed by atoms with Gasteiger partial charge in [0, 0.05) is 25.3 Å². The van der Waals surface area contributed by atoms with E-state index >= 15 is 0 Å². The fourth-order valence-corrected chi connectivity index (χ4v) is 1.39. The molecule has 3 N–H and O–H groups in total. The average Bonchev–Trinajstić information content (AvgIpc) is 2.25. The summed E-state index contributed by atoms with van der Waals surface area (Å²) < 4.78 is 0. The fraction of sp³-hybridized carbons (Fsp3) is 0.333. The molecule has 0 aliphatic carbocycles. The first-order valence-electron chi connectivity index (χ1n) is 5.26. The van der Waals surface area contributed by atoms with Crippen LogP contribution in [0.5, 0.6) is 0 Å². The lowest BCUT2D eigenvalue weighted by Crippen LogP contribution is -2.28. The lowest BCUT2D eigenvalue weighted by atomic mass is 10.1. The Kier molecular flexibility index (Phi) is 4.09. The van der Waals surface area contributed by atoms with Crippen LogP contribution in [0, 0.1) is 6.92 Å². The summed E-state index contributed by atoms with van der Waals surface area (Å²) >= 11 is 0. The first kappa shape index (κ1) is 13.0. The minimum atomic E-state index is -0.446. The lowest BCUT2D eigenvalue weighted by molar-refractivity contribution is -0.126. The number of anilines is 1. The van der Waals surface area contributed by atoms with Crippen LogP contribution in [0.1, 0.15) is 15.9 Å². The number of carbonyl (C=O) groups excluding carboxylic acids is 2. The van der Waals surface area contributed by atoms with E-state index < -0.39 is 5.91 Å². The average molecular weight is 235 g/mol. The summed E-state index contributed by atoms with van der Waals surface area (Å²) in [6, 6.07) is 5.18. The highest BCUT2D eigenvalue weighted by Crippen LogP contribution is 2.14. The second-order valence-electron chi connectivity index (χ2n) is 4.04. The number of carbonyl (C=O) groups is 2. The molecule has 17 heavy (non-hydrogen) atoms. The van der Waals surface area contributed by atoms with E-state index in [1.807, 2.05) is 0 Å². The summed E-state index contributed by atoms with van der Waals surface area (Å²) in [6.07, 6.45) is 0. The normalized spacial score (nSPS) is 9.82. The first-order chi connectivity index (χ1) is 7.91. The monoisotopic (exact) mass is 235 g/mol. The lowest BCUT2D eigenvalue weighted by Gasteiger charge is -2.12. The van der Waals surface area contributed by atoms with Crippen LogP contribution >= 0.6 is 0 Å². The van der Waals surface area contributed by atoms with Crippen LogP contribution in [0.25, 0.3) is 0 Å². The standard InChI is InChI=1S/C12H17N3O2/c1-8-6-9(4-5-10(8)12(13)17)14-7-11(16)15(2)3/h4-6,14H,7H2,1-3H3,(H2,13,17). The van der Waals surface area contributed by atoms with Crippen LogP contribution < -0.4 is 11.1 Å². The van der Waals surface area contributed by atoms with Gasteiger partial charge < -0.3 is 16.0 Å². The fourth-order valence-electron chi connectivity index (χ4n) is 1.39. The molecule has 5 heteroatoms. The second-order valence-corrected chi connectivity index (χ2v) is 4.04. The van der Waals surface area contributed by atoms with Gasteiger partial charge in [-0.05, 0) is 30.7 Å². The molecule has 5 nitrogen and oxygen atoms in total. The van der Waals surface area contributed by atoms with Crippen molar-refractivity contribution in [1.29, 1.82) is 0 Å². The zero-order valence-corrected chi connectivity index (χ0v) is 10.3. The minimum absolute atomic E-state index is 0.0124. The minimum Gasteiger partial charge on any atom is -0.376 e. The Bertz CT molecular complexity index is 441. The number of likely N-dealkylation sites (N-methyl/N-ethyl adjacent to an activating group) is 1. The predicted octanol–water partition coefficient (Wildman–Crippen LogP) is 0.594. The molecule has 0 bridgehead atoms. The number of nitrogens with one attached hydrogen (secondary N) is 1. The summed E-state index contributed by atoms with van der Waals surface area (Å²) in [7, 11) is 3.40. The number of nitrogens with two attached hydrogens (primary N) is 1. The quantitative estimate of drug-likeness (QED) is 0.802. The van der Waals surface area contributed by atoms with Gasteiger partial charge in [-0.1, -0.05) is 0 Å². The van der Waals surface area contributed by atoms with Crippen molar-refractivity contribution < 1.29 is 9.59 Å². The van der Waals surface area contributed by atoms with Crippen LogP contribution in [0.4, 0.5) is 5.69 Å². The SMILES string of the molecule is Cc1cc(NCC(=O)N(C)C)ccc1C(N)=O. The number of primary amides is 1. The largest absolute Gasteiger partial charge is 0.376 e. The van der Waals surface area contributed by atoms with Gasteiger partial charge in [0.05, 0.1) is 6.54 Å². The molecule has 0 saturated heterocycles. The number of aryl methyl sites for hydroxylation is 1. The maximum absolute atomic E-state index is 11.4. The third-order valence-electron chi connectivity index (χ3n) is 2.43. The van der Waals surface area contributed by atoms with Gasteiger partial charge in [0.2, 0.25) is 11.8 Å². The summed E-state index contributed by atoms with van der Waals surface area (Å²) in [5.41, 5.74) is 7.29. The van der Waals surface area contributed by atoms with Crippen LogP contribution in [0.15, 0.2) is 18.2 Å². The van der Waals surface area contributed by atoms with E-state index in [1.165, 1.54) is 4.90 Å². The third kappa shape index (κ3) is 3.48. The van der Waals surface area contributed by atoms with Gasteiger partial charge in [-0.3, -0.25) is 9.59 Å². The van der Waals surface area contributed by atoms with Crippen molar-refractivity contribution in [2.24, 2.45) is 5.73 Å². The Morgan fingerprint density at radius 3 is 2.47 bits per heavy atom. The molecule has 0 spiro atoms. The number of rotatable bonds is 4. The summed E-state index contributed by atoms with van der Waals surface area (Å²) in [5, 5.41) is 2.99. The van der Waals surface area contributed by atoms with Crippen LogP contribution in [-0.4, -0.2) is 37.4 Å². The topological polar surface area (TPSA) is 75.4 Å². The van der Waals surface area contributed by atoms with E-state index in [-0.39, 0.29) is 12.5 Å². The molecular formula is C12H17N3O2. The summed E-state index contributed by atoms with van der Waals surface area (Å²) in [4.78, 5) is 23.9. The van der Waals surface area contributed by atoms with Crippen molar-refractivity contribution in [2.75, 3.05) is 26.0 Å². The predicted molar refractivity (Wildman–Crippen MR) is 66.9 cm³/mol. The molecule has 0 fully saturated rings. The zero-order valence-electron chi connectivity index (χ0n) is 10.3. The van der Waals surface area contributed by atoms with Gasteiger partial charge in [0.15, 0.2) is 0 Å². The Labute approximate surface area is 101 Å². The summed E-state index contributed by atoms with van der Waals surface area (Å²) in [6.45, 7) is 2.03. The van der Waals surface area contributed by atoms with E-state index in [1.54, 1.807) is 39.2 Å². The Balaban J connectivity index is 2.71. The zero-order chi connectivity index (χ0) is 13.0. The second kappa shape index (κ2) is 5.34. The smallest absolute Gasteiger partial charge is 0.248 e. The number of nitrogens with zero attached hydrogens (tertiary/aromatic N) is 1. The van der Waals surface area contributed by atoms with Crippen molar-refractivity contribution in [3.8, 4) is 0 Å². The molecule has 0 radical (unpaired) electrons. The molecule has 0 unspecified atom stereocenters. The number of hydrogen-bond donors (Lipinski definition) is 2. The van der Waals surface area contributed by atoms with Gasteiger partial charge in [-0.2, -0.15) is 0 Å². The third-order valence-corrected chi connectivity index (χ3v) is 2.43. The van der Waals surface area contributed by atoms with E-state index in [2.05, 4.69) is 5.32 Å². The molecule has 0 aliphatic heterocycles. The molecular weight excluding hydrogens is 218 g/mol. The molecule has 1 aromatic carbocycles. The van der Waals surface area contributed by atoms with Gasteiger partial charge in [-0.25, -0.2) is 0 Å². The van der Waals surface area contributed by atoms with E-state index in [4.69, 9.17) is 5.73 Å². The maximum Gasteiger partial charge on any atom is 0.248 e. The number of amides is 2. The van der Waals surface area contributed by atoms with Crippen molar-refractivity contribution in [2.45, 2.75) is 6.92 Å². The van der Waals surface area contributed by atoms with E-state index in [9.17, 15) is 9.59 Å². The van der Waals surface area contributed by atoms with Crippen LogP contribution in [0.3, 0.4) is 0 Å². The van der Waals surface area contributed by atoms with Crippen molar-refractivity contribution in [3.63, 3.8) is 0 Å².